The highest BCUT2D eigenvalue weighted by molar-refractivity contribution is 5.00. The number of hydrogen-bond donors (Lipinski definition) is 1. The summed E-state index contributed by atoms with van der Waals surface area (Å²) in [6.07, 6.45) is 7.31. The van der Waals surface area contributed by atoms with Crippen LogP contribution in [0.15, 0.2) is 0 Å². The Morgan fingerprint density at radius 3 is 2.67 bits per heavy atom. The van der Waals surface area contributed by atoms with E-state index in [-0.39, 0.29) is 0 Å². The summed E-state index contributed by atoms with van der Waals surface area (Å²) < 4.78 is 5.58. The first-order valence-corrected chi connectivity index (χ1v) is 5.92. The Balaban J connectivity index is 2.04. The van der Waals surface area contributed by atoms with E-state index in [9.17, 15) is 0 Å². The number of nitrogens with zero attached hydrogens (tertiary/aromatic N) is 1. The van der Waals surface area contributed by atoms with Gasteiger partial charge in [-0.25, -0.2) is 0 Å². The molecular formula is C12H22N2O. The summed E-state index contributed by atoms with van der Waals surface area (Å²) in [5, 5.41) is 8.71. The minimum absolute atomic E-state index is 0.608. The summed E-state index contributed by atoms with van der Waals surface area (Å²) in [4.78, 5) is 0. The van der Waals surface area contributed by atoms with E-state index in [1.165, 1.54) is 32.1 Å². The molecule has 1 aliphatic carbocycles. The first kappa shape index (κ1) is 12.5. The van der Waals surface area contributed by atoms with E-state index in [1.807, 2.05) is 0 Å². The topological polar surface area (TPSA) is 59.0 Å². The molecule has 1 saturated carbocycles. The maximum Gasteiger partial charge on any atom is 0.103 e. The second-order valence-corrected chi connectivity index (χ2v) is 4.86. The van der Waals surface area contributed by atoms with Gasteiger partial charge in [0.25, 0.3) is 0 Å². The van der Waals surface area contributed by atoms with Gasteiger partial charge < -0.3 is 10.5 Å². The summed E-state index contributed by atoms with van der Waals surface area (Å²) in [6, 6.07) is 2.08. The van der Waals surface area contributed by atoms with E-state index in [4.69, 9.17) is 15.7 Å². The van der Waals surface area contributed by atoms with E-state index in [0.717, 1.165) is 12.5 Å². The second kappa shape index (κ2) is 6.09. The van der Waals surface area contributed by atoms with Crippen molar-refractivity contribution in [3.8, 4) is 6.07 Å². The lowest BCUT2D eigenvalue weighted by Gasteiger charge is -2.22. The van der Waals surface area contributed by atoms with Crippen molar-refractivity contribution in [2.24, 2.45) is 11.7 Å². The molecule has 0 aliphatic heterocycles. The van der Waals surface area contributed by atoms with Gasteiger partial charge in [-0.05, 0) is 25.7 Å². The molecule has 0 amide bonds. The molecule has 3 heteroatoms. The predicted octanol–water partition coefficient (Wildman–Crippen LogP) is 2.21. The number of hydrogen-bond acceptors (Lipinski definition) is 3. The van der Waals surface area contributed by atoms with Crippen LogP contribution in [0, 0.1) is 17.2 Å². The lowest BCUT2D eigenvalue weighted by Crippen LogP contribution is -2.35. The third-order valence-electron chi connectivity index (χ3n) is 3.10. The third kappa shape index (κ3) is 5.15. The Morgan fingerprint density at radius 1 is 1.40 bits per heavy atom. The van der Waals surface area contributed by atoms with Gasteiger partial charge in [0.2, 0.25) is 0 Å². The van der Waals surface area contributed by atoms with Crippen molar-refractivity contribution in [1.82, 2.24) is 0 Å². The summed E-state index contributed by atoms with van der Waals surface area (Å²) >= 11 is 0. The van der Waals surface area contributed by atoms with E-state index >= 15 is 0 Å². The summed E-state index contributed by atoms with van der Waals surface area (Å²) in [6.45, 7) is 3.20. The van der Waals surface area contributed by atoms with Gasteiger partial charge in [0.1, 0.15) is 5.54 Å². The molecule has 86 valence electrons. The average Bonchev–Trinajstić information content (AvgIpc) is 2.26. The monoisotopic (exact) mass is 210 g/mol. The Bertz CT molecular complexity index is 214. The van der Waals surface area contributed by atoms with Crippen LogP contribution in [0.2, 0.25) is 0 Å². The van der Waals surface area contributed by atoms with Crippen LogP contribution < -0.4 is 5.73 Å². The largest absolute Gasteiger partial charge is 0.381 e. The molecule has 15 heavy (non-hydrogen) atoms. The molecule has 1 atom stereocenters. The zero-order chi connectivity index (χ0) is 11.1. The minimum Gasteiger partial charge on any atom is -0.381 e. The van der Waals surface area contributed by atoms with Gasteiger partial charge in [-0.1, -0.05) is 19.3 Å². The average molecular weight is 210 g/mol. The first-order valence-electron chi connectivity index (χ1n) is 5.92. The van der Waals surface area contributed by atoms with Crippen molar-refractivity contribution in [2.75, 3.05) is 13.2 Å². The van der Waals surface area contributed by atoms with Crippen LogP contribution in [-0.4, -0.2) is 18.8 Å². The highest BCUT2D eigenvalue weighted by Crippen LogP contribution is 2.23. The smallest absolute Gasteiger partial charge is 0.103 e. The SMILES string of the molecule is CC(N)(C#N)CCOCC1CCCCC1. The predicted molar refractivity (Wildman–Crippen MR) is 60.2 cm³/mol. The minimum atomic E-state index is -0.730. The maximum absolute atomic E-state index is 8.71. The Morgan fingerprint density at radius 2 is 2.07 bits per heavy atom. The molecule has 1 rings (SSSR count). The second-order valence-electron chi connectivity index (χ2n) is 4.86. The van der Waals surface area contributed by atoms with Crippen molar-refractivity contribution in [1.29, 1.82) is 5.26 Å². The summed E-state index contributed by atoms with van der Waals surface area (Å²) in [5.74, 6) is 0.741. The number of ether oxygens (including phenoxy) is 1. The fraction of sp³-hybridized carbons (Fsp3) is 0.917. The van der Waals surface area contributed by atoms with Gasteiger partial charge in [-0.2, -0.15) is 5.26 Å². The molecule has 1 fully saturated rings. The van der Waals surface area contributed by atoms with E-state index in [0.29, 0.717) is 13.0 Å². The molecule has 0 bridgehead atoms. The van der Waals surface area contributed by atoms with Crippen molar-refractivity contribution in [3.63, 3.8) is 0 Å². The van der Waals surface area contributed by atoms with Crippen LogP contribution >= 0.6 is 0 Å². The molecule has 0 radical (unpaired) electrons. The van der Waals surface area contributed by atoms with Gasteiger partial charge >= 0.3 is 0 Å². The Kier molecular flexibility index (Phi) is 5.07. The lowest BCUT2D eigenvalue weighted by molar-refractivity contribution is 0.0778. The normalized spacial score (nSPS) is 21.9. The lowest BCUT2D eigenvalue weighted by atomic mass is 9.90. The molecule has 0 spiro atoms. The summed E-state index contributed by atoms with van der Waals surface area (Å²) in [5.41, 5.74) is 4.96. The van der Waals surface area contributed by atoms with Crippen LogP contribution in [0.25, 0.3) is 0 Å². The van der Waals surface area contributed by atoms with Crippen LogP contribution in [0.5, 0.6) is 0 Å². The maximum atomic E-state index is 8.71. The van der Waals surface area contributed by atoms with Gasteiger partial charge in [0, 0.05) is 19.6 Å². The fourth-order valence-corrected chi connectivity index (χ4v) is 1.94. The standard InChI is InChI=1S/C12H22N2O/c1-12(14,10-13)7-8-15-9-11-5-3-2-4-6-11/h11H,2-9,14H2,1H3. The van der Waals surface area contributed by atoms with Crippen LogP contribution in [-0.2, 0) is 4.74 Å². The molecule has 1 unspecified atom stereocenters. The number of rotatable bonds is 5. The molecule has 2 N–H and O–H groups in total. The van der Waals surface area contributed by atoms with Gasteiger partial charge in [0.15, 0.2) is 0 Å². The van der Waals surface area contributed by atoms with Crippen LogP contribution in [0.1, 0.15) is 45.4 Å². The number of nitriles is 1. The molecule has 3 nitrogen and oxygen atoms in total. The van der Waals surface area contributed by atoms with Crippen molar-refractivity contribution < 1.29 is 4.74 Å². The number of nitrogens with two attached hydrogens (primary N) is 1. The fourth-order valence-electron chi connectivity index (χ4n) is 1.94. The molecule has 1 aliphatic rings. The molecular weight excluding hydrogens is 188 g/mol. The Hall–Kier alpha value is -0.590. The van der Waals surface area contributed by atoms with E-state index < -0.39 is 5.54 Å². The van der Waals surface area contributed by atoms with Crippen molar-refractivity contribution in [2.45, 2.75) is 51.0 Å². The highest BCUT2D eigenvalue weighted by atomic mass is 16.5. The first-order chi connectivity index (χ1) is 7.14. The quantitative estimate of drug-likeness (QED) is 0.708. The molecule has 0 heterocycles. The van der Waals surface area contributed by atoms with Gasteiger partial charge in [-0.3, -0.25) is 0 Å². The van der Waals surface area contributed by atoms with Crippen LogP contribution in [0.3, 0.4) is 0 Å². The highest BCUT2D eigenvalue weighted by Gasteiger charge is 2.17. The van der Waals surface area contributed by atoms with Crippen molar-refractivity contribution in [3.05, 3.63) is 0 Å². The van der Waals surface area contributed by atoms with Crippen molar-refractivity contribution >= 4 is 0 Å². The van der Waals surface area contributed by atoms with Gasteiger partial charge in [-0.15, -0.1) is 0 Å². The molecule has 0 saturated heterocycles. The zero-order valence-electron chi connectivity index (χ0n) is 9.67. The molecule has 0 aromatic heterocycles. The molecule has 0 aromatic carbocycles. The van der Waals surface area contributed by atoms with E-state index in [1.54, 1.807) is 6.92 Å². The Labute approximate surface area is 92.6 Å². The van der Waals surface area contributed by atoms with Crippen LogP contribution in [0.4, 0.5) is 0 Å². The zero-order valence-corrected chi connectivity index (χ0v) is 9.67. The van der Waals surface area contributed by atoms with Gasteiger partial charge in [0.05, 0.1) is 6.07 Å². The third-order valence-corrected chi connectivity index (χ3v) is 3.10. The van der Waals surface area contributed by atoms with E-state index in [2.05, 4.69) is 6.07 Å². The summed E-state index contributed by atoms with van der Waals surface area (Å²) in [7, 11) is 0. The molecule has 0 aromatic rings.